The molecule has 9 nitrogen and oxygen atoms in total. The van der Waals surface area contributed by atoms with Gasteiger partial charge in [0.15, 0.2) is 0 Å². The first-order valence-corrected chi connectivity index (χ1v) is 14.2. The van der Waals surface area contributed by atoms with Crippen molar-refractivity contribution in [3.05, 3.63) is 59.7 Å². The zero-order valence-corrected chi connectivity index (χ0v) is 24.4. The van der Waals surface area contributed by atoms with E-state index in [-0.39, 0.29) is 36.2 Å². The zero-order chi connectivity index (χ0) is 28.9. The highest BCUT2D eigenvalue weighted by Gasteiger charge is 2.54. The molecule has 2 aromatic carbocycles. The second-order valence-electron chi connectivity index (χ2n) is 11.3. The van der Waals surface area contributed by atoms with Crippen molar-refractivity contribution in [2.75, 3.05) is 56.8 Å². The second-order valence-corrected chi connectivity index (χ2v) is 11.3. The van der Waals surface area contributed by atoms with Crippen LogP contribution >= 0.6 is 0 Å². The number of ether oxygens (including phenoxy) is 1. The molecule has 4 rings (SSSR count). The Labute approximate surface area is 237 Å². The Kier molecular flexibility index (Phi) is 9.35. The quantitative estimate of drug-likeness (QED) is 0.453. The maximum Gasteiger partial charge on any atom is 0.321 e. The minimum atomic E-state index is -0.802. The Morgan fingerprint density at radius 1 is 0.950 bits per heavy atom. The fraction of sp³-hybridized carbons (Fsp3) is 0.516. The number of hydrogen-bond donors (Lipinski definition) is 2. The summed E-state index contributed by atoms with van der Waals surface area (Å²) in [7, 11) is 1.58. The Balaban J connectivity index is 1.51. The molecule has 0 radical (unpaired) electrons. The maximum absolute atomic E-state index is 13.9. The van der Waals surface area contributed by atoms with Crippen LogP contribution in [0.2, 0.25) is 0 Å². The zero-order valence-electron chi connectivity index (χ0n) is 24.4. The van der Waals surface area contributed by atoms with Crippen molar-refractivity contribution < 1.29 is 19.1 Å². The van der Waals surface area contributed by atoms with Crippen molar-refractivity contribution in [3.63, 3.8) is 0 Å². The third kappa shape index (κ3) is 6.09. The lowest BCUT2D eigenvalue weighted by Crippen LogP contribution is -2.58. The molecule has 2 N–H and O–H groups in total. The van der Waals surface area contributed by atoms with Crippen LogP contribution in [-0.2, 0) is 14.3 Å². The minimum absolute atomic E-state index is 0.0121. The van der Waals surface area contributed by atoms with E-state index < -0.39 is 5.54 Å². The average molecular weight is 550 g/mol. The summed E-state index contributed by atoms with van der Waals surface area (Å²) in [6.07, 6.45) is 0.970. The molecule has 1 spiro atoms. The van der Waals surface area contributed by atoms with Crippen LogP contribution in [0, 0.1) is 0 Å². The van der Waals surface area contributed by atoms with Gasteiger partial charge in [-0.1, -0.05) is 64.1 Å². The summed E-state index contributed by atoms with van der Waals surface area (Å²) in [4.78, 5) is 45.5. The summed E-state index contributed by atoms with van der Waals surface area (Å²) in [5, 5.41) is 6.03. The fourth-order valence-corrected chi connectivity index (χ4v) is 5.81. The third-order valence-corrected chi connectivity index (χ3v) is 8.03. The highest BCUT2D eigenvalue weighted by Crippen LogP contribution is 2.40. The number of anilines is 2. The molecule has 2 fully saturated rings. The van der Waals surface area contributed by atoms with Gasteiger partial charge < -0.3 is 30.1 Å². The molecule has 4 amide bonds. The Morgan fingerprint density at radius 2 is 1.57 bits per heavy atom. The van der Waals surface area contributed by atoms with Gasteiger partial charge in [-0.2, -0.15) is 0 Å². The van der Waals surface area contributed by atoms with Gasteiger partial charge in [0, 0.05) is 38.1 Å². The SMILES string of the molecule is COCCNC(=O)CN1CN(c2ccccc2)C2(CCN(C(=O)Nc3c(C(C)C)cccc3C(C)C)CC2)C1=O. The lowest BCUT2D eigenvalue weighted by atomic mass is 9.85. The predicted octanol–water partition coefficient (Wildman–Crippen LogP) is 4.37. The van der Waals surface area contributed by atoms with Crippen molar-refractivity contribution in [2.45, 2.75) is 57.9 Å². The Morgan fingerprint density at radius 3 is 2.15 bits per heavy atom. The Hall–Kier alpha value is -3.59. The molecule has 0 unspecified atom stereocenters. The maximum atomic E-state index is 13.9. The molecule has 2 heterocycles. The molecule has 40 heavy (non-hydrogen) atoms. The predicted molar refractivity (Wildman–Crippen MR) is 158 cm³/mol. The summed E-state index contributed by atoms with van der Waals surface area (Å²) < 4.78 is 5.01. The standard InChI is InChI=1S/C31H43N5O4/c1-22(2)25-12-9-13-26(23(3)4)28(25)33-30(39)34-17-14-31(15-18-34)29(38)35(20-27(37)32-16-19-40-5)21-36(31)24-10-7-6-8-11-24/h6-13,22-23H,14-21H2,1-5H3,(H,32,37)(H,33,39). The first-order valence-electron chi connectivity index (χ1n) is 14.2. The summed E-state index contributed by atoms with van der Waals surface area (Å²) in [6, 6.07) is 15.9. The topological polar surface area (TPSA) is 94.2 Å². The lowest BCUT2D eigenvalue weighted by Gasteiger charge is -2.43. The van der Waals surface area contributed by atoms with E-state index in [1.807, 2.05) is 35.2 Å². The van der Waals surface area contributed by atoms with Crippen molar-refractivity contribution in [2.24, 2.45) is 0 Å². The number of para-hydroxylation sites is 2. The van der Waals surface area contributed by atoms with E-state index in [4.69, 9.17) is 4.74 Å². The summed E-state index contributed by atoms with van der Waals surface area (Å²) in [5.74, 6) is 0.265. The molecule has 2 aliphatic heterocycles. The second kappa shape index (κ2) is 12.7. The van der Waals surface area contributed by atoms with Crippen LogP contribution in [0.25, 0.3) is 0 Å². The van der Waals surface area contributed by atoms with E-state index in [1.54, 1.807) is 12.0 Å². The lowest BCUT2D eigenvalue weighted by molar-refractivity contribution is -0.137. The smallest absolute Gasteiger partial charge is 0.321 e. The van der Waals surface area contributed by atoms with Crippen molar-refractivity contribution in [1.29, 1.82) is 0 Å². The normalized spacial score (nSPS) is 16.8. The highest BCUT2D eigenvalue weighted by atomic mass is 16.5. The van der Waals surface area contributed by atoms with Crippen LogP contribution in [0.4, 0.5) is 16.2 Å². The van der Waals surface area contributed by atoms with Gasteiger partial charge in [0.05, 0.1) is 13.3 Å². The first-order chi connectivity index (χ1) is 19.2. The van der Waals surface area contributed by atoms with Gasteiger partial charge in [-0.25, -0.2) is 4.79 Å². The highest BCUT2D eigenvalue weighted by molar-refractivity contribution is 5.97. The van der Waals surface area contributed by atoms with Gasteiger partial charge in [-0.05, 0) is 47.9 Å². The number of benzene rings is 2. The van der Waals surface area contributed by atoms with E-state index in [0.717, 1.165) is 22.5 Å². The molecule has 216 valence electrons. The van der Waals surface area contributed by atoms with Gasteiger partial charge >= 0.3 is 6.03 Å². The Bertz CT molecular complexity index is 1170. The molecular formula is C31H43N5O4. The number of carbonyl (C=O) groups is 3. The third-order valence-electron chi connectivity index (χ3n) is 8.03. The van der Waals surface area contributed by atoms with Crippen LogP contribution < -0.4 is 15.5 Å². The molecule has 2 aromatic rings. The number of amides is 4. The van der Waals surface area contributed by atoms with E-state index >= 15 is 0 Å². The number of methoxy groups -OCH3 is 1. The summed E-state index contributed by atoms with van der Waals surface area (Å²) in [6.45, 7) is 10.5. The van der Waals surface area contributed by atoms with Crippen LogP contribution in [0.5, 0.6) is 0 Å². The first kappa shape index (κ1) is 29.4. The molecule has 2 aliphatic rings. The minimum Gasteiger partial charge on any atom is -0.383 e. The number of likely N-dealkylation sites (tertiary alicyclic amines) is 1. The number of nitrogens with one attached hydrogen (secondary N) is 2. The summed E-state index contributed by atoms with van der Waals surface area (Å²) >= 11 is 0. The van der Waals surface area contributed by atoms with Crippen molar-refractivity contribution >= 4 is 29.2 Å². The van der Waals surface area contributed by atoms with Crippen molar-refractivity contribution in [1.82, 2.24) is 15.1 Å². The van der Waals surface area contributed by atoms with Crippen LogP contribution in [0.3, 0.4) is 0 Å². The van der Waals surface area contributed by atoms with Crippen LogP contribution in [0.15, 0.2) is 48.5 Å². The molecule has 0 aliphatic carbocycles. The fourth-order valence-electron chi connectivity index (χ4n) is 5.81. The van der Waals surface area contributed by atoms with E-state index in [0.29, 0.717) is 45.8 Å². The molecule has 0 atom stereocenters. The number of rotatable bonds is 9. The van der Waals surface area contributed by atoms with E-state index in [1.165, 1.54) is 0 Å². The monoisotopic (exact) mass is 549 g/mol. The largest absolute Gasteiger partial charge is 0.383 e. The average Bonchev–Trinajstić information content (AvgIpc) is 3.19. The number of urea groups is 1. The van der Waals surface area contributed by atoms with Gasteiger partial charge in [0.25, 0.3) is 5.91 Å². The van der Waals surface area contributed by atoms with Crippen LogP contribution in [0.1, 0.15) is 63.5 Å². The van der Waals surface area contributed by atoms with Gasteiger partial charge in [-0.15, -0.1) is 0 Å². The summed E-state index contributed by atoms with van der Waals surface area (Å²) in [5.41, 5.74) is 3.27. The molecule has 9 heteroatoms. The number of piperidine rings is 1. The molecule has 0 saturated carbocycles. The van der Waals surface area contributed by atoms with Crippen LogP contribution in [-0.4, -0.2) is 79.7 Å². The van der Waals surface area contributed by atoms with Gasteiger partial charge in [0.2, 0.25) is 5.91 Å². The number of nitrogens with zero attached hydrogens (tertiary/aromatic N) is 3. The number of carbonyl (C=O) groups excluding carboxylic acids is 3. The van der Waals surface area contributed by atoms with Crippen molar-refractivity contribution in [3.8, 4) is 0 Å². The van der Waals surface area contributed by atoms with E-state index in [2.05, 4.69) is 61.4 Å². The molecule has 0 aromatic heterocycles. The van der Waals surface area contributed by atoms with Gasteiger partial charge in [0.1, 0.15) is 12.1 Å². The van der Waals surface area contributed by atoms with Gasteiger partial charge in [-0.3, -0.25) is 9.59 Å². The van der Waals surface area contributed by atoms with E-state index in [9.17, 15) is 14.4 Å². The molecule has 0 bridgehead atoms. The number of hydrogen-bond acceptors (Lipinski definition) is 5. The molecular weight excluding hydrogens is 506 g/mol. The molecule has 2 saturated heterocycles.